The Hall–Kier alpha value is -1.37. The van der Waals surface area contributed by atoms with E-state index in [1.807, 2.05) is 0 Å². The quantitative estimate of drug-likeness (QED) is 0.572. The van der Waals surface area contributed by atoms with Gasteiger partial charge >= 0.3 is 6.03 Å². The third kappa shape index (κ3) is 3.19. The van der Waals surface area contributed by atoms with E-state index in [-0.39, 0.29) is 24.6 Å². The van der Waals surface area contributed by atoms with Gasteiger partial charge in [-0.05, 0) is 37.4 Å². The normalized spacial score (nSPS) is 33.5. The second kappa shape index (κ2) is 6.99. The molecule has 1 aliphatic carbocycles. The Morgan fingerprint density at radius 2 is 1.62 bits per heavy atom. The molecule has 2 heterocycles. The number of imide groups is 2. The van der Waals surface area contributed by atoms with Gasteiger partial charge in [-0.15, -0.1) is 0 Å². The maximum Gasteiger partial charge on any atom is 0.333 e. The number of carbonyl (C=O) groups is 3. The van der Waals surface area contributed by atoms with Crippen LogP contribution in [0.25, 0.3) is 0 Å². The summed E-state index contributed by atoms with van der Waals surface area (Å²) < 4.78 is 6.23. The Balaban J connectivity index is 1.78. The highest BCUT2D eigenvalue weighted by Crippen LogP contribution is 2.47. The number of fused-ring (bicyclic) bond motifs is 1. The monoisotopic (exact) mass is 361 g/mol. The number of urea groups is 1. The van der Waals surface area contributed by atoms with E-state index in [0.29, 0.717) is 11.7 Å². The maximum absolute atomic E-state index is 12.8. The smallest absolute Gasteiger partial charge is 0.333 e. The van der Waals surface area contributed by atoms with Crippen molar-refractivity contribution in [2.75, 3.05) is 13.1 Å². The third-order valence-electron chi connectivity index (χ3n) is 6.32. The molecule has 3 rings (SSSR count). The van der Waals surface area contributed by atoms with Crippen LogP contribution in [0.4, 0.5) is 4.79 Å². The van der Waals surface area contributed by atoms with Crippen molar-refractivity contribution in [1.82, 2.24) is 9.80 Å². The topological polar surface area (TPSA) is 66.9 Å². The van der Waals surface area contributed by atoms with Gasteiger partial charge in [-0.25, -0.2) is 4.79 Å². The first-order chi connectivity index (χ1) is 12.2. The van der Waals surface area contributed by atoms with Crippen molar-refractivity contribution in [2.45, 2.75) is 71.8 Å². The second-order valence-corrected chi connectivity index (χ2v) is 8.80. The highest BCUT2D eigenvalue weighted by molar-refractivity contribution is 6.43. The lowest BCUT2D eigenvalue weighted by molar-refractivity contribution is -0.154. The Morgan fingerprint density at radius 3 is 2.12 bits per heavy atom. The molecule has 1 saturated carbocycles. The van der Waals surface area contributed by atoms with E-state index in [4.69, 9.17) is 4.74 Å². The Labute approximate surface area is 156 Å². The lowest BCUT2D eigenvalue weighted by Gasteiger charge is -2.39. The van der Waals surface area contributed by atoms with Gasteiger partial charge in [0.2, 0.25) is 11.8 Å². The Bertz CT molecular complexity index is 577. The average molecular weight is 361 g/mol. The summed E-state index contributed by atoms with van der Waals surface area (Å²) in [5.74, 6) is -0.887. The SMILES string of the molecule is CCN1C(=O)C(C2[B]C3CCC(C(C)(C)C)CC3O2)C(=O)N(CC)C1=O. The lowest BCUT2D eigenvalue weighted by Crippen LogP contribution is -2.62. The number of rotatable bonds is 3. The van der Waals surface area contributed by atoms with Crippen LogP contribution >= 0.6 is 0 Å². The molecule has 0 spiro atoms. The number of hydrogen-bond acceptors (Lipinski definition) is 4. The van der Waals surface area contributed by atoms with Crippen LogP contribution < -0.4 is 0 Å². The van der Waals surface area contributed by atoms with Gasteiger partial charge in [0.25, 0.3) is 0 Å². The van der Waals surface area contributed by atoms with Crippen LogP contribution in [-0.2, 0) is 14.3 Å². The number of carbonyl (C=O) groups excluding carboxylic acids is 3. The summed E-state index contributed by atoms with van der Waals surface area (Å²) in [5.41, 5.74) is 0.229. The van der Waals surface area contributed by atoms with Gasteiger partial charge in [-0.3, -0.25) is 19.4 Å². The minimum absolute atomic E-state index is 0.0707. The van der Waals surface area contributed by atoms with Crippen molar-refractivity contribution < 1.29 is 19.1 Å². The zero-order valence-corrected chi connectivity index (χ0v) is 16.5. The van der Waals surface area contributed by atoms with Crippen molar-refractivity contribution in [1.29, 1.82) is 0 Å². The molecule has 26 heavy (non-hydrogen) atoms. The van der Waals surface area contributed by atoms with Gasteiger partial charge < -0.3 is 4.74 Å². The highest BCUT2D eigenvalue weighted by Gasteiger charge is 2.53. The summed E-state index contributed by atoms with van der Waals surface area (Å²) in [6.45, 7) is 10.8. The van der Waals surface area contributed by atoms with Crippen molar-refractivity contribution in [3.8, 4) is 0 Å². The second-order valence-electron chi connectivity index (χ2n) is 8.80. The summed E-state index contributed by atoms with van der Waals surface area (Å²) >= 11 is 0. The Morgan fingerprint density at radius 1 is 1.04 bits per heavy atom. The predicted molar refractivity (Wildman–Crippen MR) is 98.6 cm³/mol. The van der Waals surface area contributed by atoms with Crippen LogP contribution in [0.1, 0.15) is 53.9 Å². The van der Waals surface area contributed by atoms with E-state index >= 15 is 0 Å². The fourth-order valence-electron chi connectivity index (χ4n) is 4.64. The van der Waals surface area contributed by atoms with Crippen LogP contribution in [0.5, 0.6) is 0 Å². The first-order valence-electron chi connectivity index (χ1n) is 9.86. The fraction of sp³-hybridized carbons (Fsp3) is 0.842. The molecule has 4 atom stereocenters. The zero-order chi connectivity index (χ0) is 19.2. The average Bonchev–Trinajstić information content (AvgIpc) is 2.97. The number of hydrogen-bond donors (Lipinski definition) is 0. The molecule has 0 bridgehead atoms. The standard InChI is InChI=1S/C19H30BN2O4/c1-6-21-16(23)14(17(24)22(7-2)18(21)25)15-20-12-9-8-11(19(3,4)5)10-13(12)26-15/h11-15H,6-10H2,1-5H3. The summed E-state index contributed by atoms with van der Waals surface area (Å²) in [6, 6.07) is -1.04. The van der Waals surface area contributed by atoms with Crippen molar-refractivity contribution in [3.63, 3.8) is 0 Å². The molecule has 0 aromatic heterocycles. The highest BCUT2D eigenvalue weighted by atomic mass is 16.5. The van der Waals surface area contributed by atoms with E-state index in [1.165, 1.54) is 9.80 Å². The number of amides is 4. The molecule has 3 fully saturated rings. The molecule has 1 radical (unpaired) electrons. The van der Waals surface area contributed by atoms with Gasteiger partial charge in [0.05, 0.1) is 6.10 Å². The largest absolute Gasteiger partial charge is 0.383 e. The van der Waals surface area contributed by atoms with Gasteiger partial charge in [-0.1, -0.05) is 33.6 Å². The molecule has 4 unspecified atom stereocenters. The Kier molecular flexibility index (Phi) is 5.21. The molecule has 0 aromatic carbocycles. The molecule has 6 nitrogen and oxygen atoms in total. The molecule has 2 aliphatic heterocycles. The lowest BCUT2D eigenvalue weighted by atomic mass is 9.52. The molecule has 143 valence electrons. The minimum atomic E-state index is -0.925. The van der Waals surface area contributed by atoms with Gasteiger partial charge in [-0.2, -0.15) is 0 Å². The fourth-order valence-corrected chi connectivity index (χ4v) is 4.64. The van der Waals surface area contributed by atoms with Crippen molar-refractivity contribution in [3.05, 3.63) is 0 Å². The molecule has 2 saturated heterocycles. The first-order valence-corrected chi connectivity index (χ1v) is 9.86. The first kappa shape index (κ1) is 19.4. The van der Waals surface area contributed by atoms with Crippen LogP contribution in [0, 0.1) is 17.3 Å². The summed E-state index contributed by atoms with van der Waals surface area (Å²) in [4.78, 5) is 40.3. The zero-order valence-electron chi connectivity index (χ0n) is 16.5. The van der Waals surface area contributed by atoms with Crippen LogP contribution in [0.2, 0.25) is 5.82 Å². The van der Waals surface area contributed by atoms with E-state index in [0.717, 1.165) is 19.3 Å². The number of barbiturate groups is 1. The number of ether oxygens (including phenoxy) is 1. The van der Waals surface area contributed by atoms with Crippen LogP contribution in [0.15, 0.2) is 0 Å². The van der Waals surface area contributed by atoms with E-state index in [1.54, 1.807) is 13.8 Å². The maximum atomic E-state index is 12.8. The van der Waals surface area contributed by atoms with Gasteiger partial charge in [0.1, 0.15) is 5.92 Å². The molecular formula is C19H30BN2O4. The number of nitrogens with zero attached hydrogens (tertiary/aromatic N) is 2. The van der Waals surface area contributed by atoms with Crippen LogP contribution in [0.3, 0.4) is 0 Å². The summed E-state index contributed by atoms with van der Waals surface area (Å²) in [5, 5.41) is 0. The molecular weight excluding hydrogens is 331 g/mol. The third-order valence-corrected chi connectivity index (χ3v) is 6.32. The molecule has 3 aliphatic rings. The summed E-state index contributed by atoms with van der Waals surface area (Å²) in [7, 11) is 2.06. The minimum Gasteiger partial charge on any atom is -0.383 e. The van der Waals surface area contributed by atoms with E-state index in [2.05, 4.69) is 28.1 Å². The molecule has 7 heteroatoms. The van der Waals surface area contributed by atoms with Gasteiger partial charge in [0, 0.05) is 19.1 Å². The molecule has 4 amide bonds. The van der Waals surface area contributed by atoms with E-state index < -0.39 is 29.8 Å². The van der Waals surface area contributed by atoms with Crippen molar-refractivity contribution in [2.24, 2.45) is 17.3 Å². The molecule has 0 N–H and O–H groups in total. The van der Waals surface area contributed by atoms with Gasteiger partial charge in [0.15, 0.2) is 7.28 Å². The van der Waals surface area contributed by atoms with Crippen molar-refractivity contribution >= 4 is 25.1 Å². The molecule has 0 aromatic rings. The predicted octanol–water partition coefficient (Wildman–Crippen LogP) is 2.50. The van der Waals surface area contributed by atoms with E-state index in [9.17, 15) is 14.4 Å². The summed E-state index contributed by atoms with van der Waals surface area (Å²) in [6.07, 6.45) is 3.21. The van der Waals surface area contributed by atoms with Crippen LogP contribution in [-0.4, -0.2) is 60.1 Å².